The van der Waals surface area contributed by atoms with Crippen LogP contribution in [0.5, 0.6) is 0 Å². The first kappa shape index (κ1) is 19.2. The summed E-state index contributed by atoms with van der Waals surface area (Å²) in [5.41, 5.74) is 0.869. The molecule has 0 aliphatic rings. The van der Waals surface area contributed by atoms with Crippen molar-refractivity contribution in [2.75, 3.05) is 6.26 Å². The van der Waals surface area contributed by atoms with E-state index >= 15 is 0 Å². The van der Waals surface area contributed by atoms with E-state index in [-0.39, 0.29) is 16.4 Å². The summed E-state index contributed by atoms with van der Waals surface area (Å²) in [6.07, 6.45) is 1.90. The fraction of sp³-hybridized carbons (Fsp3) is 0.500. The zero-order valence-corrected chi connectivity index (χ0v) is 14.6. The summed E-state index contributed by atoms with van der Waals surface area (Å²) in [5, 5.41) is 11.7. The van der Waals surface area contributed by atoms with Crippen LogP contribution < -0.4 is 5.32 Å². The monoisotopic (exact) mass is 341 g/mol. The molecule has 0 fully saturated rings. The molecule has 0 aromatic heterocycles. The Balaban J connectivity index is 3.17. The van der Waals surface area contributed by atoms with Crippen molar-refractivity contribution >= 4 is 21.7 Å². The number of amides is 1. The number of aryl methyl sites for hydroxylation is 1. The van der Waals surface area contributed by atoms with Gasteiger partial charge in [-0.1, -0.05) is 26.8 Å². The third kappa shape index (κ3) is 5.35. The van der Waals surface area contributed by atoms with E-state index in [1.54, 1.807) is 6.07 Å². The third-order valence-electron chi connectivity index (χ3n) is 3.45. The second-order valence-corrected chi connectivity index (χ2v) is 7.95. The Morgan fingerprint density at radius 2 is 1.87 bits per heavy atom. The number of aliphatic carboxylic acids is 1. The average molecular weight is 341 g/mol. The van der Waals surface area contributed by atoms with Crippen molar-refractivity contribution in [3.05, 3.63) is 29.3 Å². The summed E-state index contributed by atoms with van der Waals surface area (Å²) >= 11 is 0. The number of sulfone groups is 1. The largest absolute Gasteiger partial charge is 0.480 e. The molecule has 2 N–H and O–H groups in total. The molecule has 6 nitrogen and oxygen atoms in total. The van der Waals surface area contributed by atoms with Crippen molar-refractivity contribution in [1.82, 2.24) is 5.32 Å². The van der Waals surface area contributed by atoms with E-state index in [9.17, 15) is 23.1 Å². The maximum Gasteiger partial charge on any atom is 0.326 e. The molecule has 128 valence electrons. The van der Waals surface area contributed by atoms with Crippen LogP contribution in [0, 0.1) is 5.92 Å². The van der Waals surface area contributed by atoms with Crippen LogP contribution in [0.2, 0.25) is 0 Å². The Bertz CT molecular complexity index is 694. The number of carboxylic acids is 1. The highest BCUT2D eigenvalue weighted by Crippen LogP contribution is 2.17. The molecule has 0 spiro atoms. The second-order valence-electron chi connectivity index (χ2n) is 5.94. The fourth-order valence-electron chi connectivity index (χ4n) is 2.23. The summed E-state index contributed by atoms with van der Waals surface area (Å²) in [6.45, 7) is 5.57. The minimum atomic E-state index is -3.44. The van der Waals surface area contributed by atoms with Gasteiger partial charge in [0.15, 0.2) is 9.84 Å². The number of hydrogen-bond donors (Lipinski definition) is 2. The first-order valence-corrected chi connectivity index (χ1v) is 9.32. The van der Waals surface area contributed by atoms with Crippen molar-refractivity contribution in [2.24, 2.45) is 5.92 Å². The van der Waals surface area contributed by atoms with Crippen LogP contribution in [-0.4, -0.2) is 37.7 Å². The smallest absolute Gasteiger partial charge is 0.326 e. The summed E-state index contributed by atoms with van der Waals surface area (Å²) in [4.78, 5) is 23.7. The van der Waals surface area contributed by atoms with Crippen molar-refractivity contribution in [2.45, 2.75) is 44.6 Å². The minimum Gasteiger partial charge on any atom is -0.480 e. The van der Waals surface area contributed by atoms with Crippen LogP contribution in [-0.2, 0) is 21.1 Å². The number of carbonyl (C=O) groups is 2. The molecule has 7 heteroatoms. The topological polar surface area (TPSA) is 101 Å². The normalized spacial score (nSPS) is 12.9. The molecule has 1 aromatic rings. The molecule has 0 aliphatic carbocycles. The van der Waals surface area contributed by atoms with E-state index < -0.39 is 27.8 Å². The molecule has 0 aliphatic heterocycles. The average Bonchev–Trinajstić information content (AvgIpc) is 2.44. The molecule has 0 saturated heterocycles. The van der Waals surface area contributed by atoms with Gasteiger partial charge in [0, 0.05) is 11.8 Å². The third-order valence-corrected chi connectivity index (χ3v) is 4.56. The standard InChI is InChI=1S/C16H23NO5S/c1-5-11-6-7-12(23(4,21)22)9-13(11)15(18)17-14(16(19)20)8-10(2)3/h6-7,9-10,14H,5,8H2,1-4H3,(H,17,18)(H,19,20). The summed E-state index contributed by atoms with van der Waals surface area (Å²) < 4.78 is 23.3. The summed E-state index contributed by atoms with van der Waals surface area (Å²) in [7, 11) is -3.44. The van der Waals surface area contributed by atoms with Gasteiger partial charge in [-0.05, 0) is 36.5 Å². The predicted octanol–water partition coefficient (Wildman–Crippen LogP) is 1.88. The van der Waals surface area contributed by atoms with Gasteiger partial charge in [0.25, 0.3) is 5.91 Å². The number of carbonyl (C=O) groups excluding carboxylic acids is 1. The SMILES string of the molecule is CCc1ccc(S(C)(=O)=O)cc1C(=O)NC(CC(C)C)C(=O)O. The minimum absolute atomic E-state index is 0.0376. The maximum absolute atomic E-state index is 12.4. The molecular formula is C16H23NO5S. The van der Waals surface area contributed by atoms with Gasteiger partial charge in [0.05, 0.1) is 4.90 Å². The number of hydrogen-bond acceptors (Lipinski definition) is 4. The van der Waals surface area contributed by atoms with Gasteiger partial charge in [-0.2, -0.15) is 0 Å². The lowest BCUT2D eigenvalue weighted by Crippen LogP contribution is -2.42. The molecular weight excluding hydrogens is 318 g/mol. The van der Waals surface area contributed by atoms with E-state index in [2.05, 4.69) is 5.32 Å². The van der Waals surface area contributed by atoms with E-state index in [1.807, 2.05) is 20.8 Å². The first-order valence-electron chi connectivity index (χ1n) is 7.42. The summed E-state index contributed by atoms with van der Waals surface area (Å²) in [6, 6.07) is 3.34. The van der Waals surface area contributed by atoms with Crippen molar-refractivity contribution in [3.63, 3.8) is 0 Å². The molecule has 0 saturated carbocycles. The highest BCUT2D eigenvalue weighted by Gasteiger charge is 2.23. The fourth-order valence-corrected chi connectivity index (χ4v) is 2.88. The van der Waals surface area contributed by atoms with Gasteiger partial charge in [-0.3, -0.25) is 4.79 Å². The van der Waals surface area contributed by atoms with Gasteiger partial charge >= 0.3 is 5.97 Å². The highest BCUT2D eigenvalue weighted by atomic mass is 32.2. The van der Waals surface area contributed by atoms with Gasteiger partial charge in [-0.15, -0.1) is 0 Å². The predicted molar refractivity (Wildman–Crippen MR) is 87.3 cm³/mol. The number of benzene rings is 1. The van der Waals surface area contributed by atoms with E-state index in [0.29, 0.717) is 18.4 Å². The van der Waals surface area contributed by atoms with Crippen LogP contribution in [0.4, 0.5) is 0 Å². The molecule has 0 heterocycles. The molecule has 1 unspecified atom stereocenters. The van der Waals surface area contributed by atoms with E-state index in [0.717, 1.165) is 6.26 Å². The lowest BCUT2D eigenvalue weighted by Gasteiger charge is -2.18. The Hall–Kier alpha value is -1.89. The Morgan fingerprint density at radius 1 is 1.26 bits per heavy atom. The number of nitrogens with one attached hydrogen (secondary N) is 1. The van der Waals surface area contributed by atoms with Crippen LogP contribution >= 0.6 is 0 Å². The molecule has 0 bridgehead atoms. The first-order chi connectivity index (χ1) is 10.6. The van der Waals surface area contributed by atoms with Gasteiger partial charge in [-0.25, -0.2) is 13.2 Å². The maximum atomic E-state index is 12.4. The van der Waals surface area contributed by atoms with Gasteiger partial charge in [0.1, 0.15) is 6.04 Å². The number of carboxylic acid groups (broad SMARTS) is 1. The highest BCUT2D eigenvalue weighted by molar-refractivity contribution is 7.90. The molecule has 1 rings (SSSR count). The van der Waals surface area contributed by atoms with Crippen molar-refractivity contribution in [3.8, 4) is 0 Å². The van der Waals surface area contributed by atoms with Crippen molar-refractivity contribution in [1.29, 1.82) is 0 Å². The van der Waals surface area contributed by atoms with Crippen LogP contribution in [0.3, 0.4) is 0 Å². The quantitative estimate of drug-likeness (QED) is 0.788. The Labute approximate surface area is 136 Å². The molecule has 23 heavy (non-hydrogen) atoms. The van der Waals surface area contributed by atoms with Crippen LogP contribution in [0.25, 0.3) is 0 Å². The zero-order valence-electron chi connectivity index (χ0n) is 13.8. The second kappa shape index (κ2) is 7.59. The molecule has 1 aromatic carbocycles. The van der Waals surface area contributed by atoms with Gasteiger partial charge in [0.2, 0.25) is 0 Å². The molecule has 1 amide bonds. The van der Waals surface area contributed by atoms with Crippen LogP contribution in [0.15, 0.2) is 23.1 Å². The lowest BCUT2D eigenvalue weighted by atomic mass is 10.0. The van der Waals surface area contributed by atoms with E-state index in [1.165, 1.54) is 12.1 Å². The lowest BCUT2D eigenvalue weighted by molar-refractivity contribution is -0.139. The zero-order chi connectivity index (χ0) is 17.8. The molecule has 1 atom stereocenters. The summed E-state index contributed by atoms with van der Waals surface area (Å²) in [5.74, 6) is -1.57. The molecule has 0 radical (unpaired) electrons. The number of rotatable bonds is 7. The van der Waals surface area contributed by atoms with E-state index in [4.69, 9.17) is 0 Å². The Morgan fingerprint density at radius 3 is 2.30 bits per heavy atom. The van der Waals surface area contributed by atoms with Crippen LogP contribution in [0.1, 0.15) is 43.1 Å². The Kier molecular flexibility index (Phi) is 6.32. The van der Waals surface area contributed by atoms with Gasteiger partial charge < -0.3 is 10.4 Å². The van der Waals surface area contributed by atoms with Crippen molar-refractivity contribution < 1.29 is 23.1 Å².